The standard InChI is InChI=1S/C19H24N4/c1-2-4-16(5-3-1)8-9-22-10-12-23(13-11-22)19-14-18(17-6-7-17)20-15-21-19/h1-5,14-15,17H,6-13H2. The van der Waals surface area contributed by atoms with Gasteiger partial charge in [0, 0.05) is 50.4 Å². The van der Waals surface area contributed by atoms with Crippen molar-refractivity contribution in [2.45, 2.75) is 25.2 Å². The molecule has 4 nitrogen and oxygen atoms in total. The molecule has 1 aliphatic carbocycles. The average molecular weight is 308 g/mol. The molecule has 0 atom stereocenters. The van der Waals surface area contributed by atoms with Gasteiger partial charge in [0.05, 0.1) is 0 Å². The fourth-order valence-electron chi connectivity index (χ4n) is 3.27. The number of benzene rings is 1. The zero-order valence-corrected chi connectivity index (χ0v) is 13.6. The molecular formula is C19H24N4. The molecule has 0 unspecified atom stereocenters. The molecule has 2 aliphatic rings. The maximum absolute atomic E-state index is 4.49. The van der Waals surface area contributed by atoms with E-state index in [9.17, 15) is 0 Å². The van der Waals surface area contributed by atoms with Gasteiger partial charge in [0.15, 0.2) is 0 Å². The molecule has 2 fully saturated rings. The fourth-order valence-corrected chi connectivity index (χ4v) is 3.27. The molecule has 1 saturated carbocycles. The number of anilines is 1. The molecule has 1 aromatic heterocycles. The number of rotatable bonds is 5. The van der Waals surface area contributed by atoms with Crippen LogP contribution in [0.15, 0.2) is 42.7 Å². The Labute approximate surface area is 138 Å². The Hall–Kier alpha value is -1.94. The van der Waals surface area contributed by atoms with E-state index in [1.54, 1.807) is 6.33 Å². The quantitative estimate of drug-likeness (QED) is 0.850. The normalized spacial score (nSPS) is 19.0. The molecule has 0 bridgehead atoms. The fraction of sp³-hybridized carbons (Fsp3) is 0.474. The van der Waals surface area contributed by atoms with Crippen LogP contribution in [0.2, 0.25) is 0 Å². The van der Waals surface area contributed by atoms with Crippen LogP contribution in [0.1, 0.15) is 30.0 Å². The van der Waals surface area contributed by atoms with Crippen molar-refractivity contribution in [3.05, 3.63) is 54.0 Å². The second kappa shape index (κ2) is 6.67. The van der Waals surface area contributed by atoms with E-state index >= 15 is 0 Å². The molecule has 120 valence electrons. The lowest BCUT2D eigenvalue weighted by molar-refractivity contribution is 0.260. The molecule has 4 heteroatoms. The van der Waals surface area contributed by atoms with Crippen LogP contribution in [0.3, 0.4) is 0 Å². The van der Waals surface area contributed by atoms with E-state index in [0.717, 1.165) is 45.0 Å². The van der Waals surface area contributed by atoms with Crippen LogP contribution in [0.5, 0.6) is 0 Å². The van der Waals surface area contributed by atoms with Gasteiger partial charge in [0.2, 0.25) is 0 Å². The van der Waals surface area contributed by atoms with Crippen molar-refractivity contribution >= 4 is 5.82 Å². The van der Waals surface area contributed by atoms with Gasteiger partial charge < -0.3 is 4.90 Å². The highest BCUT2D eigenvalue weighted by atomic mass is 15.3. The minimum Gasteiger partial charge on any atom is -0.354 e. The Morgan fingerprint density at radius 3 is 2.48 bits per heavy atom. The van der Waals surface area contributed by atoms with Crippen molar-refractivity contribution in [3.8, 4) is 0 Å². The van der Waals surface area contributed by atoms with Crippen molar-refractivity contribution in [1.29, 1.82) is 0 Å². The third-order valence-electron chi connectivity index (χ3n) is 4.93. The Bertz CT molecular complexity index is 631. The van der Waals surface area contributed by atoms with Gasteiger partial charge in [-0.3, -0.25) is 4.90 Å². The van der Waals surface area contributed by atoms with E-state index < -0.39 is 0 Å². The minimum absolute atomic E-state index is 0.698. The smallest absolute Gasteiger partial charge is 0.132 e. The van der Waals surface area contributed by atoms with Crippen LogP contribution in [0.25, 0.3) is 0 Å². The average Bonchev–Trinajstić information content (AvgIpc) is 3.47. The third kappa shape index (κ3) is 3.70. The predicted molar refractivity (Wildman–Crippen MR) is 92.8 cm³/mol. The van der Waals surface area contributed by atoms with E-state index in [4.69, 9.17) is 0 Å². The lowest BCUT2D eigenvalue weighted by Crippen LogP contribution is -2.47. The Morgan fingerprint density at radius 2 is 1.74 bits per heavy atom. The number of aromatic nitrogens is 2. The number of piperazine rings is 1. The van der Waals surface area contributed by atoms with Gasteiger partial charge in [-0.25, -0.2) is 9.97 Å². The second-order valence-electron chi connectivity index (χ2n) is 6.64. The molecule has 0 radical (unpaired) electrons. The summed E-state index contributed by atoms with van der Waals surface area (Å²) >= 11 is 0. The van der Waals surface area contributed by atoms with E-state index in [-0.39, 0.29) is 0 Å². The van der Waals surface area contributed by atoms with E-state index in [1.165, 1.54) is 24.1 Å². The maximum atomic E-state index is 4.49. The summed E-state index contributed by atoms with van der Waals surface area (Å²) in [6.45, 7) is 5.52. The largest absolute Gasteiger partial charge is 0.354 e. The first kappa shape index (κ1) is 14.6. The molecule has 2 aromatic rings. The van der Waals surface area contributed by atoms with Crippen molar-refractivity contribution in [3.63, 3.8) is 0 Å². The summed E-state index contributed by atoms with van der Waals surface area (Å²) in [6, 6.07) is 13.0. The molecule has 2 heterocycles. The van der Waals surface area contributed by atoms with Gasteiger partial charge >= 0.3 is 0 Å². The molecule has 0 amide bonds. The Kier molecular flexibility index (Phi) is 4.24. The summed E-state index contributed by atoms with van der Waals surface area (Å²) < 4.78 is 0. The second-order valence-corrected chi connectivity index (χ2v) is 6.64. The highest BCUT2D eigenvalue weighted by Crippen LogP contribution is 2.39. The first-order valence-electron chi connectivity index (χ1n) is 8.72. The van der Waals surface area contributed by atoms with Crippen LogP contribution in [0, 0.1) is 0 Å². The highest BCUT2D eigenvalue weighted by molar-refractivity contribution is 5.41. The first-order chi connectivity index (χ1) is 11.4. The summed E-state index contributed by atoms with van der Waals surface area (Å²) in [5.74, 6) is 1.81. The molecule has 4 rings (SSSR count). The van der Waals surface area contributed by atoms with Gasteiger partial charge in [0.1, 0.15) is 12.1 Å². The molecule has 0 spiro atoms. The molecule has 0 N–H and O–H groups in total. The number of hydrogen-bond donors (Lipinski definition) is 0. The van der Waals surface area contributed by atoms with Crippen molar-refractivity contribution < 1.29 is 0 Å². The molecule has 23 heavy (non-hydrogen) atoms. The Balaban J connectivity index is 1.29. The molecular weight excluding hydrogens is 284 g/mol. The monoisotopic (exact) mass is 308 g/mol. The zero-order chi connectivity index (χ0) is 15.5. The number of nitrogens with zero attached hydrogens (tertiary/aromatic N) is 4. The third-order valence-corrected chi connectivity index (χ3v) is 4.93. The SMILES string of the molecule is c1ccc(CCN2CCN(c3cc(C4CC4)ncn3)CC2)cc1. The van der Waals surface area contributed by atoms with Crippen LogP contribution < -0.4 is 4.90 Å². The Morgan fingerprint density at radius 1 is 0.957 bits per heavy atom. The van der Waals surface area contributed by atoms with Crippen LogP contribution in [-0.2, 0) is 6.42 Å². The molecule has 1 saturated heterocycles. The van der Waals surface area contributed by atoms with E-state index in [1.807, 2.05) is 0 Å². The van der Waals surface area contributed by atoms with Gasteiger partial charge in [0.25, 0.3) is 0 Å². The van der Waals surface area contributed by atoms with Gasteiger partial charge in [-0.2, -0.15) is 0 Å². The van der Waals surface area contributed by atoms with Crippen LogP contribution in [-0.4, -0.2) is 47.6 Å². The molecule has 1 aromatic carbocycles. The van der Waals surface area contributed by atoms with Crippen molar-refractivity contribution in [1.82, 2.24) is 14.9 Å². The van der Waals surface area contributed by atoms with E-state index in [0.29, 0.717) is 5.92 Å². The zero-order valence-electron chi connectivity index (χ0n) is 13.6. The summed E-state index contributed by atoms with van der Waals surface area (Å²) in [5, 5.41) is 0. The summed E-state index contributed by atoms with van der Waals surface area (Å²) in [6.07, 6.45) is 5.47. The molecule has 1 aliphatic heterocycles. The van der Waals surface area contributed by atoms with E-state index in [2.05, 4.69) is 56.2 Å². The predicted octanol–water partition coefficient (Wildman–Crippen LogP) is 2.72. The van der Waals surface area contributed by atoms with Crippen molar-refractivity contribution in [2.75, 3.05) is 37.6 Å². The van der Waals surface area contributed by atoms with Crippen molar-refractivity contribution in [2.24, 2.45) is 0 Å². The maximum Gasteiger partial charge on any atom is 0.132 e. The summed E-state index contributed by atoms with van der Waals surface area (Å²) in [5.41, 5.74) is 2.67. The lowest BCUT2D eigenvalue weighted by atomic mass is 10.1. The first-order valence-corrected chi connectivity index (χ1v) is 8.72. The van der Waals surface area contributed by atoms with Crippen LogP contribution >= 0.6 is 0 Å². The summed E-state index contributed by atoms with van der Waals surface area (Å²) in [4.78, 5) is 13.9. The van der Waals surface area contributed by atoms with Crippen LogP contribution in [0.4, 0.5) is 5.82 Å². The van der Waals surface area contributed by atoms with Gasteiger partial charge in [-0.15, -0.1) is 0 Å². The summed E-state index contributed by atoms with van der Waals surface area (Å²) in [7, 11) is 0. The van der Waals surface area contributed by atoms with Gasteiger partial charge in [-0.1, -0.05) is 30.3 Å². The highest BCUT2D eigenvalue weighted by Gasteiger charge is 2.26. The minimum atomic E-state index is 0.698. The number of hydrogen-bond acceptors (Lipinski definition) is 4. The van der Waals surface area contributed by atoms with Gasteiger partial charge in [-0.05, 0) is 24.8 Å². The lowest BCUT2D eigenvalue weighted by Gasteiger charge is -2.35. The topological polar surface area (TPSA) is 32.3 Å².